The van der Waals surface area contributed by atoms with Crippen molar-refractivity contribution in [1.82, 2.24) is 15.1 Å². The number of rotatable bonds is 6. The zero-order chi connectivity index (χ0) is 26.0. The van der Waals surface area contributed by atoms with E-state index in [1.807, 2.05) is 36.4 Å². The van der Waals surface area contributed by atoms with E-state index in [1.54, 1.807) is 18.3 Å². The van der Waals surface area contributed by atoms with Crippen LogP contribution >= 0.6 is 0 Å². The molecule has 5 rings (SSSR count). The summed E-state index contributed by atoms with van der Waals surface area (Å²) in [6.45, 7) is 6.88. The number of hydrogen-bond donors (Lipinski definition) is 2. The monoisotopic (exact) mass is 496 g/mol. The molecule has 3 aromatic carbocycles. The van der Waals surface area contributed by atoms with E-state index in [0.29, 0.717) is 23.2 Å². The summed E-state index contributed by atoms with van der Waals surface area (Å²) in [5, 5.41) is 11.0. The maximum Gasteiger partial charge on any atom is 0.319 e. The van der Waals surface area contributed by atoms with Gasteiger partial charge in [-0.05, 0) is 52.6 Å². The molecule has 0 saturated heterocycles. The first-order valence-electron chi connectivity index (χ1n) is 12.6. The van der Waals surface area contributed by atoms with Gasteiger partial charge in [0.15, 0.2) is 0 Å². The van der Waals surface area contributed by atoms with Crippen molar-refractivity contribution in [1.29, 1.82) is 0 Å². The summed E-state index contributed by atoms with van der Waals surface area (Å²) in [4.78, 5) is 25.7. The first-order valence-corrected chi connectivity index (χ1v) is 12.6. The summed E-state index contributed by atoms with van der Waals surface area (Å²) < 4.78 is 6.91. The number of urea groups is 1. The van der Waals surface area contributed by atoms with Crippen LogP contribution in [0.3, 0.4) is 0 Å². The molecule has 0 unspecified atom stereocenters. The number of carbonyl (C=O) groups is 2. The topological polar surface area (TPSA) is 85.3 Å². The highest BCUT2D eigenvalue weighted by atomic mass is 16.5. The van der Waals surface area contributed by atoms with Crippen molar-refractivity contribution >= 4 is 28.5 Å². The molecule has 0 saturated carbocycles. The van der Waals surface area contributed by atoms with Crippen molar-refractivity contribution in [2.45, 2.75) is 51.7 Å². The number of nitrogens with one attached hydrogen (secondary N) is 2. The predicted molar refractivity (Wildman–Crippen MR) is 145 cm³/mol. The molecule has 1 atom stereocenters. The number of aromatic nitrogens is 2. The maximum atomic E-state index is 12.9. The minimum absolute atomic E-state index is 0.0331. The van der Waals surface area contributed by atoms with Crippen LogP contribution in [0.25, 0.3) is 10.9 Å². The van der Waals surface area contributed by atoms with Crippen LogP contribution in [0.5, 0.6) is 0 Å². The average molecular weight is 497 g/mol. The minimum atomic E-state index is -0.282. The van der Waals surface area contributed by atoms with E-state index in [9.17, 15) is 9.59 Å². The van der Waals surface area contributed by atoms with E-state index in [1.165, 1.54) is 21.4 Å². The van der Waals surface area contributed by atoms with Gasteiger partial charge in [0.1, 0.15) is 6.61 Å². The van der Waals surface area contributed by atoms with Crippen LogP contribution in [-0.2, 0) is 23.2 Å². The normalized spacial score (nSPS) is 14.9. The number of aryl methyl sites for hydroxylation is 1. The van der Waals surface area contributed by atoms with Crippen molar-refractivity contribution < 1.29 is 14.3 Å². The molecule has 2 N–H and O–H groups in total. The summed E-state index contributed by atoms with van der Waals surface area (Å²) in [5.74, 6) is -0.273. The van der Waals surface area contributed by atoms with E-state index in [4.69, 9.17) is 4.74 Å². The highest BCUT2D eigenvalue weighted by Gasteiger charge is 2.26. The van der Waals surface area contributed by atoms with Gasteiger partial charge in [-0.3, -0.25) is 4.79 Å². The molecule has 0 radical (unpaired) electrons. The number of fused-ring (bicyclic) bond motifs is 2. The molecular weight excluding hydrogens is 464 g/mol. The van der Waals surface area contributed by atoms with Crippen molar-refractivity contribution in [3.05, 3.63) is 95.2 Å². The summed E-state index contributed by atoms with van der Waals surface area (Å²) >= 11 is 0. The summed E-state index contributed by atoms with van der Waals surface area (Å²) in [5.41, 5.74) is 6.09. The van der Waals surface area contributed by atoms with Crippen molar-refractivity contribution in [3.63, 3.8) is 0 Å². The van der Waals surface area contributed by atoms with Crippen LogP contribution in [0.15, 0.2) is 72.9 Å². The highest BCUT2D eigenvalue weighted by Crippen LogP contribution is 2.34. The third-order valence-electron chi connectivity index (χ3n) is 6.83. The zero-order valence-corrected chi connectivity index (χ0v) is 21.5. The quantitative estimate of drug-likeness (QED) is 0.343. The van der Waals surface area contributed by atoms with Gasteiger partial charge in [-0.25, -0.2) is 4.79 Å². The summed E-state index contributed by atoms with van der Waals surface area (Å²) in [7, 11) is 0. The lowest BCUT2D eigenvalue weighted by atomic mass is 9.85. The predicted octanol–water partition coefficient (Wildman–Crippen LogP) is 6.00. The first-order chi connectivity index (χ1) is 17.8. The molecule has 1 aliphatic rings. The largest absolute Gasteiger partial charge is 0.367 e. The van der Waals surface area contributed by atoms with Gasteiger partial charge in [0.25, 0.3) is 5.91 Å². The summed E-state index contributed by atoms with van der Waals surface area (Å²) in [6, 6.07) is 21.4. The molecule has 4 aromatic rings. The molecule has 7 nitrogen and oxygen atoms in total. The average Bonchev–Trinajstić information content (AvgIpc) is 3.49. The van der Waals surface area contributed by atoms with Gasteiger partial charge in [0, 0.05) is 5.39 Å². The Kier molecular flexibility index (Phi) is 6.80. The minimum Gasteiger partial charge on any atom is -0.367 e. The maximum absolute atomic E-state index is 12.9. The number of anilines is 1. The van der Waals surface area contributed by atoms with Gasteiger partial charge in [-0.2, -0.15) is 9.78 Å². The van der Waals surface area contributed by atoms with E-state index in [0.717, 1.165) is 18.4 Å². The second kappa shape index (κ2) is 10.2. The number of benzene rings is 3. The van der Waals surface area contributed by atoms with Gasteiger partial charge in [-0.15, -0.1) is 0 Å². The summed E-state index contributed by atoms with van der Waals surface area (Å²) in [6.07, 6.45) is 3.41. The van der Waals surface area contributed by atoms with Gasteiger partial charge >= 0.3 is 6.03 Å². The molecule has 190 valence electrons. The van der Waals surface area contributed by atoms with Crippen molar-refractivity contribution in [2.75, 3.05) is 11.9 Å². The Balaban J connectivity index is 1.24. The number of amides is 2. The fourth-order valence-electron chi connectivity index (χ4n) is 4.80. The Morgan fingerprint density at radius 2 is 1.86 bits per heavy atom. The molecule has 1 aliphatic carbocycles. The molecule has 7 heteroatoms. The van der Waals surface area contributed by atoms with Gasteiger partial charge < -0.3 is 15.4 Å². The van der Waals surface area contributed by atoms with Crippen LogP contribution in [0, 0.1) is 0 Å². The lowest BCUT2D eigenvalue weighted by Gasteiger charge is -2.21. The first kappa shape index (κ1) is 24.7. The van der Waals surface area contributed by atoms with Gasteiger partial charge in [0.05, 0.1) is 30.0 Å². The molecular formula is C30H32N4O3. The Hall–Kier alpha value is -3.97. The Morgan fingerprint density at radius 3 is 2.65 bits per heavy atom. The molecule has 0 spiro atoms. The van der Waals surface area contributed by atoms with Crippen LogP contribution in [-0.4, -0.2) is 28.3 Å². The molecule has 1 heterocycles. The molecule has 2 amide bonds. The second-order valence-electron chi connectivity index (χ2n) is 10.5. The SMILES string of the molecule is CC(C)(C)c1ccc2c(c1)CC[C@H]2NC(=O)Nc1cccc2c1cnn2C(=O)COCc1ccccc1. The van der Waals surface area contributed by atoms with Gasteiger partial charge in [0.2, 0.25) is 0 Å². The van der Waals surface area contributed by atoms with E-state index < -0.39 is 0 Å². The number of ether oxygens (including phenoxy) is 1. The smallest absolute Gasteiger partial charge is 0.319 e. The van der Waals surface area contributed by atoms with Crippen LogP contribution in [0.2, 0.25) is 0 Å². The van der Waals surface area contributed by atoms with Gasteiger partial charge in [-0.1, -0.05) is 75.4 Å². The molecule has 0 fully saturated rings. The lowest BCUT2D eigenvalue weighted by Crippen LogP contribution is -2.31. The van der Waals surface area contributed by atoms with E-state index in [-0.39, 0.29) is 30.0 Å². The van der Waals surface area contributed by atoms with E-state index in [2.05, 4.69) is 54.7 Å². The molecule has 0 aliphatic heterocycles. The molecule has 1 aromatic heterocycles. The van der Waals surface area contributed by atoms with Crippen molar-refractivity contribution in [2.24, 2.45) is 0 Å². The Bertz CT molecular complexity index is 1440. The van der Waals surface area contributed by atoms with Crippen LogP contribution < -0.4 is 10.6 Å². The fourth-order valence-corrected chi connectivity index (χ4v) is 4.80. The lowest BCUT2D eigenvalue weighted by molar-refractivity contribution is 0.0634. The van der Waals surface area contributed by atoms with Crippen LogP contribution in [0.1, 0.15) is 60.3 Å². The zero-order valence-electron chi connectivity index (χ0n) is 21.5. The Morgan fingerprint density at radius 1 is 1.05 bits per heavy atom. The van der Waals surface area contributed by atoms with Crippen LogP contribution in [0.4, 0.5) is 10.5 Å². The number of carbonyl (C=O) groups excluding carboxylic acids is 2. The van der Waals surface area contributed by atoms with E-state index >= 15 is 0 Å². The fraction of sp³-hybridized carbons (Fsp3) is 0.300. The van der Waals surface area contributed by atoms with Crippen molar-refractivity contribution in [3.8, 4) is 0 Å². The molecule has 0 bridgehead atoms. The third-order valence-corrected chi connectivity index (χ3v) is 6.83. The standard InChI is InChI=1S/C30H32N4O3/c1-30(2,3)22-13-14-23-21(16-22)12-15-26(23)33-29(36)32-25-10-7-11-27-24(25)17-31-34(27)28(35)19-37-18-20-8-5-4-6-9-20/h4-11,13-14,16-17,26H,12,15,18-19H2,1-3H3,(H2,32,33,36)/t26-/m1/s1. The third kappa shape index (κ3) is 5.42. The number of nitrogens with zero attached hydrogens (tertiary/aromatic N) is 2. The second-order valence-corrected chi connectivity index (χ2v) is 10.5. The highest BCUT2D eigenvalue weighted by molar-refractivity contribution is 6.03. The number of hydrogen-bond acceptors (Lipinski definition) is 4. The Labute approximate surface area is 216 Å². The molecule has 37 heavy (non-hydrogen) atoms.